The SMILES string of the molecule is O=C(C1COCCO1)N1CCCCCC1C1CCNCC1. The summed E-state index contributed by atoms with van der Waals surface area (Å²) in [4.78, 5) is 15.0. The van der Waals surface area contributed by atoms with Gasteiger partial charge >= 0.3 is 0 Å². The summed E-state index contributed by atoms with van der Waals surface area (Å²) in [7, 11) is 0. The molecule has 3 aliphatic heterocycles. The molecule has 5 nitrogen and oxygen atoms in total. The van der Waals surface area contributed by atoms with Crippen molar-refractivity contribution < 1.29 is 14.3 Å². The van der Waals surface area contributed by atoms with Crippen molar-refractivity contribution in [2.24, 2.45) is 5.92 Å². The van der Waals surface area contributed by atoms with Gasteiger partial charge in [-0.05, 0) is 44.7 Å². The van der Waals surface area contributed by atoms with E-state index in [9.17, 15) is 4.79 Å². The van der Waals surface area contributed by atoms with Crippen molar-refractivity contribution in [1.29, 1.82) is 0 Å². The van der Waals surface area contributed by atoms with Crippen LogP contribution in [0.2, 0.25) is 0 Å². The maximum absolute atomic E-state index is 12.9. The van der Waals surface area contributed by atoms with Crippen LogP contribution in [0.3, 0.4) is 0 Å². The summed E-state index contributed by atoms with van der Waals surface area (Å²) in [5.41, 5.74) is 0. The number of hydrogen-bond donors (Lipinski definition) is 1. The summed E-state index contributed by atoms with van der Waals surface area (Å²) in [5.74, 6) is 0.818. The molecule has 2 atom stereocenters. The molecule has 0 aromatic heterocycles. The summed E-state index contributed by atoms with van der Waals surface area (Å²) >= 11 is 0. The monoisotopic (exact) mass is 296 g/mol. The van der Waals surface area contributed by atoms with Crippen LogP contribution >= 0.6 is 0 Å². The third kappa shape index (κ3) is 3.76. The van der Waals surface area contributed by atoms with E-state index in [4.69, 9.17) is 9.47 Å². The Morgan fingerprint density at radius 2 is 1.90 bits per heavy atom. The number of likely N-dealkylation sites (tertiary alicyclic amines) is 1. The maximum atomic E-state index is 12.9. The number of amides is 1. The Labute approximate surface area is 127 Å². The van der Waals surface area contributed by atoms with Gasteiger partial charge in [-0.3, -0.25) is 4.79 Å². The zero-order chi connectivity index (χ0) is 14.5. The van der Waals surface area contributed by atoms with E-state index in [1.54, 1.807) is 0 Å². The predicted molar refractivity (Wildman–Crippen MR) is 80.1 cm³/mol. The molecule has 0 aliphatic carbocycles. The summed E-state index contributed by atoms with van der Waals surface area (Å²) in [6.07, 6.45) is 6.78. The molecule has 3 saturated heterocycles. The van der Waals surface area contributed by atoms with Crippen LogP contribution in [0, 0.1) is 5.92 Å². The predicted octanol–water partition coefficient (Wildman–Crippen LogP) is 1.17. The van der Waals surface area contributed by atoms with Crippen LogP contribution in [0.1, 0.15) is 38.5 Å². The van der Waals surface area contributed by atoms with Crippen LogP contribution in [0.25, 0.3) is 0 Å². The first-order chi connectivity index (χ1) is 10.4. The molecule has 21 heavy (non-hydrogen) atoms. The molecular weight excluding hydrogens is 268 g/mol. The van der Waals surface area contributed by atoms with Crippen LogP contribution in [0.4, 0.5) is 0 Å². The largest absolute Gasteiger partial charge is 0.376 e. The van der Waals surface area contributed by atoms with Gasteiger partial charge in [0.1, 0.15) is 0 Å². The number of carbonyl (C=O) groups is 1. The number of nitrogens with one attached hydrogen (secondary N) is 1. The number of piperidine rings is 1. The normalized spacial score (nSPS) is 32.7. The Hall–Kier alpha value is -0.650. The van der Waals surface area contributed by atoms with Crippen LogP contribution in [-0.2, 0) is 14.3 Å². The molecule has 3 rings (SSSR count). The molecule has 2 unspecified atom stereocenters. The molecule has 120 valence electrons. The van der Waals surface area contributed by atoms with Gasteiger partial charge in [0.2, 0.25) is 0 Å². The third-order valence-corrected chi connectivity index (χ3v) is 5.10. The molecular formula is C16H28N2O3. The van der Waals surface area contributed by atoms with Gasteiger partial charge in [-0.25, -0.2) is 0 Å². The van der Waals surface area contributed by atoms with Crippen molar-refractivity contribution in [3.8, 4) is 0 Å². The highest BCUT2D eigenvalue weighted by Crippen LogP contribution is 2.29. The van der Waals surface area contributed by atoms with Gasteiger partial charge in [-0.1, -0.05) is 12.8 Å². The molecule has 0 bridgehead atoms. The molecule has 0 spiro atoms. The first-order valence-corrected chi connectivity index (χ1v) is 8.57. The van der Waals surface area contributed by atoms with Crippen molar-refractivity contribution in [3.63, 3.8) is 0 Å². The zero-order valence-corrected chi connectivity index (χ0v) is 12.9. The fraction of sp³-hybridized carbons (Fsp3) is 0.938. The molecule has 3 fully saturated rings. The summed E-state index contributed by atoms with van der Waals surface area (Å²) in [6, 6.07) is 0.410. The van der Waals surface area contributed by atoms with Crippen molar-refractivity contribution in [3.05, 3.63) is 0 Å². The Morgan fingerprint density at radius 3 is 2.67 bits per heavy atom. The van der Waals surface area contributed by atoms with E-state index in [0.29, 0.717) is 31.8 Å². The highest BCUT2D eigenvalue weighted by atomic mass is 16.6. The molecule has 1 amide bonds. The summed E-state index contributed by atoms with van der Waals surface area (Å²) in [5, 5.41) is 3.43. The molecule has 0 radical (unpaired) electrons. The van der Waals surface area contributed by atoms with Gasteiger partial charge in [-0.15, -0.1) is 0 Å². The lowest BCUT2D eigenvalue weighted by Gasteiger charge is -2.40. The van der Waals surface area contributed by atoms with Crippen LogP contribution in [-0.4, -0.2) is 62.4 Å². The van der Waals surface area contributed by atoms with Crippen molar-refractivity contribution in [2.45, 2.75) is 50.7 Å². The second-order valence-electron chi connectivity index (χ2n) is 6.47. The van der Waals surface area contributed by atoms with Gasteiger partial charge in [0.25, 0.3) is 5.91 Å². The van der Waals surface area contributed by atoms with E-state index in [0.717, 1.165) is 32.5 Å². The lowest BCUT2D eigenvalue weighted by atomic mass is 9.86. The van der Waals surface area contributed by atoms with E-state index in [1.165, 1.54) is 25.7 Å². The van der Waals surface area contributed by atoms with Crippen LogP contribution in [0.5, 0.6) is 0 Å². The van der Waals surface area contributed by atoms with Crippen molar-refractivity contribution in [2.75, 3.05) is 39.5 Å². The Bertz CT molecular complexity index is 338. The zero-order valence-electron chi connectivity index (χ0n) is 12.9. The lowest BCUT2D eigenvalue weighted by Crippen LogP contribution is -2.52. The van der Waals surface area contributed by atoms with Crippen molar-refractivity contribution in [1.82, 2.24) is 10.2 Å². The average molecular weight is 296 g/mol. The minimum absolute atomic E-state index is 0.167. The van der Waals surface area contributed by atoms with Gasteiger partial charge in [0.15, 0.2) is 6.10 Å². The first-order valence-electron chi connectivity index (χ1n) is 8.57. The van der Waals surface area contributed by atoms with Crippen molar-refractivity contribution >= 4 is 5.91 Å². The van der Waals surface area contributed by atoms with Gasteiger partial charge in [0.05, 0.1) is 19.8 Å². The highest BCUT2D eigenvalue weighted by Gasteiger charge is 2.36. The number of hydrogen-bond acceptors (Lipinski definition) is 4. The fourth-order valence-electron chi connectivity index (χ4n) is 3.94. The Morgan fingerprint density at radius 1 is 1.05 bits per heavy atom. The van der Waals surface area contributed by atoms with E-state index >= 15 is 0 Å². The second-order valence-corrected chi connectivity index (χ2v) is 6.47. The Kier molecular flexibility index (Phi) is 5.49. The summed E-state index contributed by atoms with van der Waals surface area (Å²) in [6.45, 7) is 4.66. The second kappa shape index (κ2) is 7.56. The van der Waals surface area contributed by atoms with Crippen LogP contribution < -0.4 is 5.32 Å². The number of carbonyl (C=O) groups excluding carboxylic acids is 1. The quantitative estimate of drug-likeness (QED) is 0.831. The number of rotatable bonds is 2. The van der Waals surface area contributed by atoms with Gasteiger partial charge in [-0.2, -0.15) is 0 Å². The van der Waals surface area contributed by atoms with E-state index < -0.39 is 0 Å². The fourth-order valence-corrected chi connectivity index (χ4v) is 3.94. The molecule has 0 saturated carbocycles. The van der Waals surface area contributed by atoms with E-state index in [-0.39, 0.29) is 12.0 Å². The Balaban J connectivity index is 1.69. The molecule has 1 N–H and O–H groups in total. The van der Waals surface area contributed by atoms with E-state index in [2.05, 4.69) is 10.2 Å². The molecule has 3 heterocycles. The standard InChI is InChI=1S/C16H28N2O3/c19-16(15-12-20-10-11-21-15)18-9-3-1-2-4-14(18)13-5-7-17-8-6-13/h13-15,17H,1-12H2. The van der Waals surface area contributed by atoms with E-state index in [1.807, 2.05) is 0 Å². The minimum Gasteiger partial charge on any atom is -0.376 e. The number of ether oxygens (including phenoxy) is 2. The smallest absolute Gasteiger partial charge is 0.254 e. The minimum atomic E-state index is -0.374. The lowest BCUT2D eigenvalue weighted by molar-refractivity contribution is -0.161. The summed E-state index contributed by atoms with van der Waals surface area (Å²) < 4.78 is 11.1. The van der Waals surface area contributed by atoms with Gasteiger partial charge < -0.3 is 19.7 Å². The average Bonchev–Trinajstić information content (AvgIpc) is 2.81. The maximum Gasteiger partial charge on any atom is 0.254 e. The molecule has 0 aromatic rings. The highest BCUT2D eigenvalue weighted by molar-refractivity contribution is 5.81. The molecule has 5 heteroatoms. The first kappa shape index (κ1) is 15.3. The van der Waals surface area contributed by atoms with Crippen LogP contribution in [0.15, 0.2) is 0 Å². The third-order valence-electron chi connectivity index (χ3n) is 5.10. The van der Waals surface area contributed by atoms with Gasteiger partial charge in [0, 0.05) is 12.6 Å². The molecule has 3 aliphatic rings. The number of nitrogens with zero attached hydrogens (tertiary/aromatic N) is 1. The topological polar surface area (TPSA) is 50.8 Å². The molecule has 0 aromatic carbocycles.